The van der Waals surface area contributed by atoms with Crippen molar-refractivity contribution >= 4 is 11.9 Å². The van der Waals surface area contributed by atoms with E-state index in [9.17, 15) is 9.59 Å². The van der Waals surface area contributed by atoms with Gasteiger partial charge in [-0.3, -0.25) is 9.78 Å². The molecular weight excluding hydrogens is 268 g/mol. The van der Waals surface area contributed by atoms with Crippen molar-refractivity contribution in [2.24, 2.45) is 0 Å². The van der Waals surface area contributed by atoms with Crippen LogP contribution in [-0.2, 0) is 4.79 Å². The number of hydrogen-bond acceptors (Lipinski definition) is 3. The summed E-state index contributed by atoms with van der Waals surface area (Å²) in [5.41, 5.74) is 2.15. The number of likely N-dealkylation sites (N-methyl/N-ethyl adjacent to an activating group) is 1. The van der Waals surface area contributed by atoms with Gasteiger partial charge in [-0.05, 0) is 11.6 Å². The van der Waals surface area contributed by atoms with E-state index in [0.29, 0.717) is 18.5 Å². The first-order valence-electron chi connectivity index (χ1n) is 7.13. The van der Waals surface area contributed by atoms with E-state index in [1.54, 1.807) is 30.4 Å². The van der Waals surface area contributed by atoms with Gasteiger partial charge in [0.25, 0.3) is 5.91 Å². The molecule has 2 aliphatic rings. The summed E-state index contributed by atoms with van der Waals surface area (Å²) in [5, 5.41) is 5.52. The smallest absolute Gasteiger partial charge is 0.319 e. The van der Waals surface area contributed by atoms with Crippen LogP contribution < -0.4 is 10.6 Å². The van der Waals surface area contributed by atoms with Gasteiger partial charge in [-0.1, -0.05) is 19.9 Å². The van der Waals surface area contributed by atoms with Crippen LogP contribution in [0.5, 0.6) is 0 Å². The number of nitrogens with one attached hydrogen (secondary N) is 2. The number of nitrogens with zero attached hydrogens (tertiary/aromatic N) is 2. The van der Waals surface area contributed by atoms with Crippen molar-refractivity contribution in [1.82, 2.24) is 20.5 Å². The Morgan fingerprint density at radius 3 is 2.76 bits per heavy atom. The standard InChI is InChI=1S/C13H14N4O2.C2H6/c1-17-6-4-9-10(12(17)18)11(16-13(19)15-9)8-3-2-5-14-7-8;1-2/h2-3,5,7,11H,4,6H2,1H3,(H2,15,16,19);1-2H3. The van der Waals surface area contributed by atoms with Crippen molar-refractivity contribution in [3.63, 3.8) is 0 Å². The molecule has 21 heavy (non-hydrogen) atoms. The van der Waals surface area contributed by atoms with Crippen molar-refractivity contribution in [1.29, 1.82) is 0 Å². The Kier molecular flexibility index (Phi) is 4.57. The van der Waals surface area contributed by atoms with Crippen molar-refractivity contribution < 1.29 is 9.59 Å². The summed E-state index contributed by atoms with van der Waals surface area (Å²) in [4.78, 5) is 29.7. The van der Waals surface area contributed by atoms with Crippen molar-refractivity contribution in [2.45, 2.75) is 26.3 Å². The lowest BCUT2D eigenvalue weighted by Crippen LogP contribution is -2.50. The molecule has 6 nitrogen and oxygen atoms in total. The van der Waals surface area contributed by atoms with E-state index >= 15 is 0 Å². The van der Waals surface area contributed by atoms with E-state index in [1.807, 2.05) is 19.9 Å². The second kappa shape index (κ2) is 6.39. The molecule has 3 heterocycles. The molecule has 6 heteroatoms. The van der Waals surface area contributed by atoms with E-state index in [0.717, 1.165) is 11.3 Å². The molecule has 1 aromatic heterocycles. The molecule has 0 spiro atoms. The van der Waals surface area contributed by atoms with Gasteiger partial charge in [-0.15, -0.1) is 0 Å². The Hall–Kier alpha value is -2.37. The summed E-state index contributed by atoms with van der Waals surface area (Å²) in [5.74, 6) is -0.0531. The average Bonchev–Trinajstić information content (AvgIpc) is 2.53. The minimum Gasteiger partial charge on any atom is -0.341 e. The summed E-state index contributed by atoms with van der Waals surface area (Å²) in [6.07, 6.45) is 4.00. The predicted molar refractivity (Wildman–Crippen MR) is 79.3 cm³/mol. The lowest BCUT2D eigenvalue weighted by molar-refractivity contribution is -0.127. The first-order valence-corrected chi connectivity index (χ1v) is 7.13. The van der Waals surface area contributed by atoms with Crippen molar-refractivity contribution in [3.8, 4) is 0 Å². The highest BCUT2D eigenvalue weighted by Crippen LogP contribution is 2.31. The molecule has 0 saturated heterocycles. The summed E-state index contributed by atoms with van der Waals surface area (Å²) in [6, 6.07) is 2.95. The second-order valence-electron chi connectivity index (χ2n) is 4.69. The fourth-order valence-corrected chi connectivity index (χ4v) is 2.45. The van der Waals surface area contributed by atoms with E-state index in [-0.39, 0.29) is 11.9 Å². The van der Waals surface area contributed by atoms with Crippen LogP contribution in [0.2, 0.25) is 0 Å². The number of pyridine rings is 1. The molecule has 0 aliphatic carbocycles. The van der Waals surface area contributed by atoms with E-state index in [2.05, 4.69) is 15.6 Å². The lowest BCUT2D eigenvalue weighted by Gasteiger charge is -2.35. The Morgan fingerprint density at radius 1 is 1.33 bits per heavy atom. The molecule has 0 fully saturated rings. The van der Waals surface area contributed by atoms with Crippen LogP contribution in [-0.4, -0.2) is 35.4 Å². The molecule has 3 amide bonds. The van der Waals surface area contributed by atoms with Gasteiger partial charge >= 0.3 is 6.03 Å². The fourth-order valence-electron chi connectivity index (χ4n) is 2.45. The summed E-state index contributed by atoms with van der Waals surface area (Å²) >= 11 is 0. The molecule has 3 rings (SSSR count). The predicted octanol–water partition coefficient (Wildman–Crippen LogP) is 1.58. The Labute approximate surface area is 124 Å². The molecule has 0 radical (unpaired) electrons. The molecular formula is C15H20N4O2. The van der Waals surface area contributed by atoms with Gasteiger partial charge in [0.1, 0.15) is 0 Å². The van der Waals surface area contributed by atoms with Gasteiger partial charge in [0.15, 0.2) is 0 Å². The summed E-state index contributed by atoms with van der Waals surface area (Å²) in [7, 11) is 1.77. The molecule has 2 aliphatic heterocycles. The minimum absolute atomic E-state index is 0.0531. The largest absolute Gasteiger partial charge is 0.341 e. The second-order valence-corrected chi connectivity index (χ2v) is 4.69. The number of carbonyl (C=O) groups is 2. The molecule has 2 N–H and O–H groups in total. The molecule has 1 aromatic rings. The van der Waals surface area contributed by atoms with Crippen LogP contribution in [0, 0.1) is 0 Å². The lowest BCUT2D eigenvalue weighted by atomic mass is 9.92. The highest BCUT2D eigenvalue weighted by Gasteiger charge is 2.36. The quantitative estimate of drug-likeness (QED) is 0.824. The number of amides is 3. The summed E-state index contributed by atoms with van der Waals surface area (Å²) in [6.45, 7) is 4.62. The van der Waals surface area contributed by atoms with Crippen LogP contribution in [0.4, 0.5) is 4.79 Å². The Morgan fingerprint density at radius 2 is 2.10 bits per heavy atom. The van der Waals surface area contributed by atoms with Crippen molar-refractivity contribution in [2.75, 3.05) is 13.6 Å². The number of carbonyl (C=O) groups excluding carboxylic acids is 2. The highest BCUT2D eigenvalue weighted by molar-refractivity contribution is 5.99. The van der Waals surface area contributed by atoms with Gasteiger partial charge in [0.05, 0.1) is 11.6 Å². The average molecular weight is 288 g/mol. The van der Waals surface area contributed by atoms with Crippen molar-refractivity contribution in [3.05, 3.63) is 41.4 Å². The first kappa shape index (κ1) is 15.0. The first-order chi connectivity index (χ1) is 10.2. The Bertz CT molecular complexity index is 568. The zero-order chi connectivity index (χ0) is 15.4. The molecule has 0 bridgehead atoms. The highest BCUT2D eigenvalue weighted by atomic mass is 16.2. The summed E-state index contributed by atoms with van der Waals surface area (Å²) < 4.78 is 0. The zero-order valence-electron chi connectivity index (χ0n) is 12.5. The zero-order valence-corrected chi connectivity index (χ0v) is 12.5. The van der Waals surface area contributed by atoms with Crippen LogP contribution >= 0.6 is 0 Å². The van der Waals surface area contributed by atoms with Gasteiger partial charge in [-0.25, -0.2) is 4.79 Å². The van der Waals surface area contributed by atoms with Gasteiger partial charge < -0.3 is 15.5 Å². The molecule has 0 aromatic carbocycles. The van der Waals surface area contributed by atoms with E-state index in [1.165, 1.54) is 0 Å². The SMILES string of the molecule is CC.CN1CCC2=C(C1=O)C(c1cccnc1)NC(=O)N2. The van der Waals surface area contributed by atoms with Crippen LogP contribution in [0.1, 0.15) is 31.9 Å². The molecule has 1 unspecified atom stereocenters. The third-order valence-corrected chi connectivity index (χ3v) is 3.45. The van der Waals surface area contributed by atoms with Crippen LogP contribution in [0.15, 0.2) is 35.8 Å². The number of hydrogen-bond donors (Lipinski definition) is 2. The normalized spacial score (nSPS) is 20.9. The maximum atomic E-state index is 12.3. The maximum Gasteiger partial charge on any atom is 0.319 e. The molecule has 0 saturated carbocycles. The van der Waals surface area contributed by atoms with Gasteiger partial charge in [0.2, 0.25) is 0 Å². The van der Waals surface area contributed by atoms with E-state index < -0.39 is 6.04 Å². The number of urea groups is 1. The monoisotopic (exact) mass is 288 g/mol. The van der Waals surface area contributed by atoms with Gasteiger partial charge in [0, 0.05) is 38.1 Å². The molecule has 112 valence electrons. The third kappa shape index (κ3) is 2.89. The third-order valence-electron chi connectivity index (χ3n) is 3.45. The molecule has 1 atom stereocenters. The van der Waals surface area contributed by atoms with Gasteiger partial charge in [-0.2, -0.15) is 0 Å². The minimum atomic E-state index is -0.423. The van der Waals surface area contributed by atoms with Crippen LogP contribution in [0.25, 0.3) is 0 Å². The fraction of sp³-hybridized carbons (Fsp3) is 0.400. The maximum absolute atomic E-state index is 12.3. The topological polar surface area (TPSA) is 74.3 Å². The van der Waals surface area contributed by atoms with E-state index in [4.69, 9.17) is 0 Å². The number of aromatic nitrogens is 1. The number of rotatable bonds is 1. The Balaban J connectivity index is 0.000000774. The van der Waals surface area contributed by atoms with Crippen LogP contribution in [0.3, 0.4) is 0 Å².